The number of rotatable bonds is 6. The van der Waals surface area contributed by atoms with Gasteiger partial charge in [-0.3, -0.25) is 0 Å². The van der Waals surface area contributed by atoms with E-state index < -0.39 is 5.60 Å². The molecule has 4 heteroatoms. The van der Waals surface area contributed by atoms with Crippen LogP contribution in [0.3, 0.4) is 0 Å². The molecule has 1 saturated carbocycles. The molecule has 0 aromatic rings. The lowest BCUT2D eigenvalue weighted by Gasteiger charge is -2.37. The largest absolute Gasteiger partial charge is 0.390 e. The summed E-state index contributed by atoms with van der Waals surface area (Å²) < 4.78 is 0. The molecule has 0 saturated heterocycles. The SMILES string of the molecule is CN(C)CC(O)CNCC1(O)CCC1. The van der Waals surface area contributed by atoms with E-state index in [-0.39, 0.29) is 6.10 Å². The molecule has 1 aliphatic rings. The van der Waals surface area contributed by atoms with Crippen LogP contribution in [0.25, 0.3) is 0 Å². The molecule has 1 fully saturated rings. The number of hydrogen-bond acceptors (Lipinski definition) is 4. The molecule has 0 amide bonds. The van der Waals surface area contributed by atoms with E-state index in [1.165, 1.54) is 0 Å². The maximum absolute atomic E-state index is 9.75. The van der Waals surface area contributed by atoms with Crippen LogP contribution in [0.1, 0.15) is 19.3 Å². The van der Waals surface area contributed by atoms with Crippen LogP contribution in [0.2, 0.25) is 0 Å². The standard InChI is InChI=1S/C10H22N2O2/c1-12(2)7-9(13)6-11-8-10(14)4-3-5-10/h9,11,13-14H,3-8H2,1-2H3. The van der Waals surface area contributed by atoms with Crippen molar-refractivity contribution >= 4 is 0 Å². The highest BCUT2D eigenvalue weighted by molar-refractivity contribution is 4.89. The highest BCUT2D eigenvalue weighted by atomic mass is 16.3. The topological polar surface area (TPSA) is 55.7 Å². The van der Waals surface area contributed by atoms with Gasteiger partial charge in [0, 0.05) is 19.6 Å². The Labute approximate surface area is 85.9 Å². The summed E-state index contributed by atoms with van der Waals surface area (Å²) >= 11 is 0. The number of nitrogens with one attached hydrogen (secondary N) is 1. The molecule has 3 N–H and O–H groups in total. The van der Waals surface area contributed by atoms with Gasteiger partial charge in [-0.1, -0.05) is 0 Å². The van der Waals surface area contributed by atoms with Gasteiger partial charge in [-0.05, 0) is 33.4 Å². The van der Waals surface area contributed by atoms with Gasteiger partial charge in [0.2, 0.25) is 0 Å². The average molecular weight is 202 g/mol. The summed E-state index contributed by atoms with van der Waals surface area (Å²) in [6, 6.07) is 0. The lowest BCUT2D eigenvalue weighted by atomic mass is 9.80. The molecule has 0 bridgehead atoms. The third kappa shape index (κ3) is 3.92. The minimum absolute atomic E-state index is 0.353. The molecule has 0 radical (unpaired) electrons. The first-order valence-corrected chi connectivity index (χ1v) is 5.28. The second-order valence-corrected chi connectivity index (χ2v) is 4.62. The summed E-state index contributed by atoms with van der Waals surface area (Å²) in [5, 5.41) is 22.4. The fourth-order valence-electron chi connectivity index (χ4n) is 1.72. The molecule has 0 aliphatic heterocycles. The van der Waals surface area contributed by atoms with Crippen molar-refractivity contribution in [3.8, 4) is 0 Å². The van der Waals surface area contributed by atoms with Crippen molar-refractivity contribution in [1.29, 1.82) is 0 Å². The summed E-state index contributed by atoms with van der Waals surface area (Å²) in [6.45, 7) is 1.82. The van der Waals surface area contributed by atoms with Crippen molar-refractivity contribution in [3.05, 3.63) is 0 Å². The van der Waals surface area contributed by atoms with Crippen LogP contribution < -0.4 is 5.32 Å². The van der Waals surface area contributed by atoms with Crippen molar-refractivity contribution < 1.29 is 10.2 Å². The van der Waals surface area contributed by atoms with E-state index in [1.807, 2.05) is 19.0 Å². The van der Waals surface area contributed by atoms with E-state index in [0.717, 1.165) is 19.3 Å². The van der Waals surface area contributed by atoms with Crippen LogP contribution in [0.5, 0.6) is 0 Å². The van der Waals surface area contributed by atoms with Gasteiger partial charge < -0.3 is 20.4 Å². The normalized spacial score (nSPS) is 22.1. The maximum Gasteiger partial charge on any atom is 0.0791 e. The van der Waals surface area contributed by atoms with E-state index >= 15 is 0 Å². The van der Waals surface area contributed by atoms with Crippen LogP contribution in [0.4, 0.5) is 0 Å². The van der Waals surface area contributed by atoms with Gasteiger partial charge in [0.15, 0.2) is 0 Å². The molecular formula is C10H22N2O2. The van der Waals surface area contributed by atoms with Gasteiger partial charge in [0.1, 0.15) is 0 Å². The third-order valence-corrected chi connectivity index (χ3v) is 2.69. The molecule has 0 heterocycles. The lowest BCUT2D eigenvalue weighted by molar-refractivity contribution is -0.0330. The van der Waals surface area contributed by atoms with Crippen molar-refractivity contribution in [2.75, 3.05) is 33.7 Å². The Morgan fingerprint density at radius 2 is 2.07 bits per heavy atom. The minimum atomic E-state index is -0.488. The Hall–Kier alpha value is -0.160. The summed E-state index contributed by atoms with van der Waals surface area (Å²) in [4.78, 5) is 1.95. The zero-order chi connectivity index (χ0) is 10.6. The van der Waals surface area contributed by atoms with Gasteiger partial charge in [-0.2, -0.15) is 0 Å². The third-order valence-electron chi connectivity index (χ3n) is 2.69. The molecule has 0 aromatic carbocycles. The van der Waals surface area contributed by atoms with Gasteiger partial charge >= 0.3 is 0 Å². The van der Waals surface area contributed by atoms with E-state index in [1.54, 1.807) is 0 Å². The highest BCUT2D eigenvalue weighted by Crippen LogP contribution is 2.30. The second kappa shape index (κ2) is 5.07. The minimum Gasteiger partial charge on any atom is -0.390 e. The molecule has 0 spiro atoms. The molecule has 4 nitrogen and oxygen atoms in total. The first-order chi connectivity index (χ1) is 6.52. The summed E-state index contributed by atoms with van der Waals surface area (Å²) in [5.74, 6) is 0. The Bertz CT molecular complexity index is 170. The Morgan fingerprint density at radius 1 is 1.43 bits per heavy atom. The number of nitrogens with zero attached hydrogens (tertiary/aromatic N) is 1. The number of aliphatic hydroxyl groups excluding tert-OH is 1. The molecular weight excluding hydrogens is 180 g/mol. The first-order valence-electron chi connectivity index (χ1n) is 5.28. The number of likely N-dealkylation sites (N-methyl/N-ethyl adjacent to an activating group) is 1. The Morgan fingerprint density at radius 3 is 2.50 bits per heavy atom. The van der Waals surface area contributed by atoms with Crippen molar-refractivity contribution in [2.24, 2.45) is 0 Å². The predicted molar refractivity (Wildman–Crippen MR) is 56.2 cm³/mol. The molecule has 1 rings (SSSR count). The van der Waals surface area contributed by atoms with Gasteiger partial charge in [-0.15, -0.1) is 0 Å². The molecule has 1 aliphatic carbocycles. The van der Waals surface area contributed by atoms with Gasteiger partial charge in [0.25, 0.3) is 0 Å². The summed E-state index contributed by atoms with van der Waals surface area (Å²) in [6.07, 6.45) is 2.56. The Balaban J connectivity index is 2.02. The molecule has 14 heavy (non-hydrogen) atoms. The van der Waals surface area contributed by atoms with Crippen LogP contribution in [0.15, 0.2) is 0 Å². The molecule has 84 valence electrons. The van der Waals surface area contributed by atoms with E-state index in [2.05, 4.69) is 5.32 Å². The molecule has 1 unspecified atom stereocenters. The smallest absolute Gasteiger partial charge is 0.0791 e. The molecule has 1 atom stereocenters. The number of aliphatic hydroxyl groups is 2. The van der Waals surface area contributed by atoms with E-state index in [4.69, 9.17) is 0 Å². The Kier molecular flexibility index (Phi) is 4.31. The van der Waals surface area contributed by atoms with Crippen molar-refractivity contribution in [3.63, 3.8) is 0 Å². The van der Waals surface area contributed by atoms with Crippen LogP contribution in [-0.2, 0) is 0 Å². The number of hydrogen-bond donors (Lipinski definition) is 3. The highest BCUT2D eigenvalue weighted by Gasteiger charge is 2.33. The average Bonchev–Trinajstić information content (AvgIpc) is 1.99. The lowest BCUT2D eigenvalue weighted by Crippen LogP contribution is -2.48. The van der Waals surface area contributed by atoms with Gasteiger partial charge in [-0.25, -0.2) is 0 Å². The summed E-state index contributed by atoms with van der Waals surface area (Å²) in [5.41, 5.74) is -0.488. The zero-order valence-electron chi connectivity index (χ0n) is 9.16. The van der Waals surface area contributed by atoms with E-state index in [9.17, 15) is 10.2 Å². The quantitative estimate of drug-likeness (QED) is 0.539. The van der Waals surface area contributed by atoms with Crippen molar-refractivity contribution in [2.45, 2.75) is 31.0 Å². The maximum atomic E-state index is 9.75. The first kappa shape index (κ1) is 11.9. The fourth-order valence-corrected chi connectivity index (χ4v) is 1.72. The van der Waals surface area contributed by atoms with Crippen molar-refractivity contribution in [1.82, 2.24) is 10.2 Å². The predicted octanol–water partition coefficient (Wildman–Crippen LogP) is -0.586. The zero-order valence-corrected chi connectivity index (χ0v) is 9.16. The van der Waals surface area contributed by atoms with Gasteiger partial charge in [0.05, 0.1) is 11.7 Å². The second-order valence-electron chi connectivity index (χ2n) is 4.62. The van der Waals surface area contributed by atoms with Crippen LogP contribution >= 0.6 is 0 Å². The van der Waals surface area contributed by atoms with Crippen LogP contribution in [0, 0.1) is 0 Å². The summed E-state index contributed by atoms with van der Waals surface area (Å²) in [7, 11) is 3.87. The van der Waals surface area contributed by atoms with E-state index in [0.29, 0.717) is 19.6 Å². The monoisotopic (exact) mass is 202 g/mol. The fraction of sp³-hybridized carbons (Fsp3) is 1.00. The van der Waals surface area contributed by atoms with Crippen LogP contribution in [-0.4, -0.2) is 60.5 Å². The molecule has 0 aromatic heterocycles.